The summed E-state index contributed by atoms with van der Waals surface area (Å²) in [6, 6.07) is 5.32. The molecule has 1 heterocycles. The van der Waals surface area contributed by atoms with E-state index in [0.717, 1.165) is 16.9 Å². The summed E-state index contributed by atoms with van der Waals surface area (Å²) >= 11 is 0. The average molecular weight is 398 g/mol. The molecule has 4 N–H and O–H groups in total. The zero-order chi connectivity index (χ0) is 19.3. The molecule has 27 heavy (non-hydrogen) atoms. The van der Waals surface area contributed by atoms with E-state index in [1.54, 1.807) is 23.0 Å². The van der Waals surface area contributed by atoms with Crippen molar-refractivity contribution in [2.75, 3.05) is 6.54 Å². The minimum Gasteiger partial charge on any atom is -0.350 e. The number of hydrogen-bond donors (Lipinski definition) is 3. The molecule has 0 aliphatic rings. The van der Waals surface area contributed by atoms with Crippen LogP contribution in [0.5, 0.6) is 0 Å². The van der Waals surface area contributed by atoms with Crippen LogP contribution < -0.4 is 16.4 Å². The van der Waals surface area contributed by atoms with Gasteiger partial charge in [0.15, 0.2) is 0 Å². The smallest absolute Gasteiger partial charge is 0.239 e. The van der Waals surface area contributed by atoms with Crippen molar-refractivity contribution in [3.8, 4) is 5.69 Å². The largest absolute Gasteiger partial charge is 0.350 e. The Balaban J connectivity index is 0.00000364. The molecule has 0 aliphatic heterocycles. The van der Waals surface area contributed by atoms with Crippen molar-refractivity contribution in [2.24, 2.45) is 11.7 Å². The number of benzene rings is 1. The van der Waals surface area contributed by atoms with E-state index in [2.05, 4.69) is 15.7 Å². The molecule has 7 nitrogen and oxygen atoms in total. The van der Waals surface area contributed by atoms with Crippen LogP contribution in [0, 0.1) is 18.7 Å². The molecule has 1 atom stereocenters. The van der Waals surface area contributed by atoms with Gasteiger partial charge in [0.05, 0.1) is 24.0 Å². The van der Waals surface area contributed by atoms with E-state index in [4.69, 9.17) is 5.73 Å². The minimum atomic E-state index is -0.640. The Morgan fingerprint density at radius 2 is 1.85 bits per heavy atom. The third-order valence-corrected chi connectivity index (χ3v) is 4.01. The number of aryl methyl sites for hydroxylation is 1. The van der Waals surface area contributed by atoms with Gasteiger partial charge < -0.3 is 16.4 Å². The number of nitrogens with two attached hydrogens (primary N) is 1. The molecular weight excluding hydrogens is 373 g/mol. The van der Waals surface area contributed by atoms with Gasteiger partial charge in [-0.1, -0.05) is 13.8 Å². The first kappa shape index (κ1) is 22.6. The quantitative estimate of drug-likeness (QED) is 0.658. The Morgan fingerprint density at radius 1 is 1.22 bits per heavy atom. The van der Waals surface area contributed by atoms with Gasteiger partial charge in [-0.3, -0.25) is 9.59 Å². The van der Waals surface area contributed by atoms with E-state index in [-0.39, 0.29) is 49.0 Å². The van der Waals surface area contributed by atoms with Crippen molar-refractivity contribution >= 4 is 24.2 Å². The van der Waals surface area contributed by atoms with Crippen LogP contribution in [0.15, 0.2) is 30.5 Å². The van der Waals surface area contributed by atoms with Crippen LogP contribution in [0.4, 0.5) is 4.39 Å². The molecule has 0 fully saturated rings. The van der Waals surface area contributed by atoms with Crippen LogP contribution >= 0.6 is 12.4 Å². The van der Waals surface area contributed by atoms with Crippen LogP contribution in [0.2, 0.25) is 0 Å². The number of halogens is 2. The molecule has 0 radical (unpaired) electrons. The molecule has 0 aliphatic carbocycles. The summed E-state index contributed by atoms with van der Waals surface area (Å²) in [5, 5.41) is 9.61. The summed E-state index contributed by atoms with van der Waals surface area (Å²) in [5.74, 6) is -0.985. The highest BCUT2D eigenvalue weighted by Crippen LogP contribution is 2.12. The van der Waals surface area contributed by atoms with Crippen LogP contribution in [0.25, 0.3) is 5.69 Å². The SMILES string of the molecule is Cc1nn(-c2ccc(F)cc2)cc1CNC(=O)CNC(=O)[C@@H](N)C(C)C.Cl. The Labute approximate surface area is 163 Å². The normalized spacial score (nSPS) is 11.6. The van der Waals surface area contributed by atoms with Gasteiger partial charge >= 0.3 is 0 Å². The zero-order valence-corrected chi connectivity index (χ0v) is 16.3. The summed E-state index contributed by atoms with van der Waals surface area (Å²) in [6.45, 7) is 5.64. The molecule has 0 spiro atoms. The molecule has 0 unspecified atom stereocenters. The van der Waals surface area contributed by atoms with Gasteiger partial charge in [-0.25, -0.2) is 9.07 Å². The van der Waals surface area contributed by atoms with Gasteiger partial charge in [0.1, 0.15) is 5.82 Å². The highest BCUT2D eigenvalue weighted by molar-refractivity contribution is 5.87. The van der Waals surface area contributed by atoms with Crippen LogP contribution in [0.1, 0.15) is 25.1 Å². The van der Waals surface area contributed by atoms with E-state index in [1.165, 1.54) is 12.1 Å². The molecule has 2 amide bonds. The molecule has 148 valence electrons. The maximum atomic E-state index is 13.0. The Bertz CT molecular complexity index is 777. The molecule has 9 heteroatoms. The number of aromatic nitrogens is 2. The predicted molar refractivity (Wildman–Crippen MR) is 103 cm³/mol. The fourth-order valence-electron chi connectivity index (χ4n) is 2.24. The lowest BCUT2D eigenvalue weighted by Gasteiger charge is -2.15. The molecule has 0 saturated heterocycles. The molecule has 0 saturated carbocycles. The Morgan fingerprint density at radius 3 is 2.44 bits per heavy atom. The second-order valence-corrected chi connectivity index (χ2v) is 6.43. The van der Waals surface area contributed by atoms with E-state index < -0.39 is 6.04 Å². The average Bonchev–Trinajstić information content (AvgIpc) is 2.98. The standard InChI is InChI=1S/C18H24FN5O2.ClH/c1-11(2)17(20)18(26)22-9-16(25)21-8-13-10-24(23-12(13)3)15-6-4-14(19)5-7-15;/h4-7,10-11,17H,8-9,20H2,1-3H3,(H,21,25)(H,22,26);1H/t17-;/m0./s1. The molecule has 1 aromatic carbocycles. The number of carbonyl (C=O) groups excluding carboxylic acids is 2. The van der Waals surface area contributed by atoms with E-state index >= 15 is 0 Å². The zero-order valence-electron chi connectivity index (χ0n) is 15.5. The topological polar surface area (TPSA) is 102 Å². The summed E-state index contributed by atoms with van der Waals surface area (Å²) < 4.78 is 14.6. The lowest BCUT2D eigenvalue weighted by Crippen LogP contribution is -2.47. The highest BCUT2D eigenvalue weighted by Gasteiger charge is 2.17. The fourth-order valence-corrected chi connectivity index (χ4v) is 2.24. The van der Waals surface area contributed by atoms with Crippen molar-refractivity contribution in [3.05, 3.63) is 47.5 Å². The third kappa shape index (κ3) is 6.33. The number of hydrogen-bond acceptors (Lipinski definition) is 4. The maximum Gasteiger partial charge on any atom is 0.239 e. The van der Waals surface area contributed by atoms with E-state index in [1.807, 2.05) is 20.8 Å². The fraction of sp³-hybridized carbons (Fsp3) is 0.389. The Kier molecular flexibility index (Phi) is 8.39. The molecule has 2 rings (SSSR count). The number of amides is 2. The van der Waals surface area contributed by atoms with Gasteiger partial charge in [0.2, 0.25) is 11.8 Å². The van der Waals surface area contributed by atoms with Gasteiger partial charge in [-0.2, -0.15) is 5.10 Å². The summed E-state index contributed by atoms with van der Waals surface area (Å²) in [5.41, 5.74) is 8.02. The third-order valence-electron chi connectivity index (χ3n) is 4.01. The molecular formula is C18H25ClFN5O2. The second kappa shape index (κ2) is 10.0. The minimum absolute atomic E-state index is 0. The van der Waals surface area contributed by atoms with Gasteiger partial charge in [0.25, 0.3) is 0 Å². The van der Waals surface area contributed by atoms with Crippen molar-refractivity contribution in [2.45, 2.75) is 33.4 Å². The summed E-state index contributed by atoms with van der Waals surface area (Å²) in [7, 11) is 0. The second-order valence-electron chi connectivity index (χ2n) is 6.43. The van der Waals surface area contributed by atoms with Crippen LogP contribution in [-0.2, 0) is 16.1 Å². The number of rotatable bonds is 7. The molecule has 1 aromatic heterocycles. The van der Waals surface area contributed by atoms with Crippen molar-refractivity contribution in [3.63, 3.8) is 0 Å². The first-order valence-electron chi connectivity index (χ1n) is 8.39. The first-order chi connectivity index (χ1) is 12.3. The highest BCUT2D eigenvalue weighted by atomic mass is 35.5. The summed E-state index contributed by atoms with van der Waals surface area (Å²) in [6.07, 6.45) is 1.77. The number of nitrogens with zero attached hydrogens (tertiary/aromatic N) is 2. The summed E-state index contributed by atoms with van der Waals surface area (Å²) in [4.78, 5) is 23.6. The predicted octanol–water partition coefficient (Wildman–Crippen LogP) is 1.46. The van der Waals surface area contributed by atoms with Crippen molar-refractivity contribution < 1.29 is 14.0 Å². The lowest BCUT2D eigenvalue weighted by molar-refractivity contribution is -0.127. The van der Waals surface area contributed by atoms with Crippen LogP contribution in [0.3, 0.4) is 0 Å². The number of nitrogens with one attached hydrogen (secondary N) is 2. The maximum absolute atomic E-state index is 13.0. The van der Waals surface area contributed by atoms with Crippen molar-refractivity contribution in [1.29, 1.82) is 0 Å². The Hall–Kier alpha value is -2.45. The lowest BCUT2D eigenvalue weighted by atomic mass is 10.1. The monoisotopic (exact) mass is 397 g/mol. The van der Waals surface area contributed by atoms with Gasteiger partial charge in [-0.15, -0.1) is 12.4 Å². The molecule has 2 aromatic rings. The van der Waals surface area contributed by atoms with Gasteiger partial charge in [0, 0.05) is 18.3 Å². The van der Waals surface area contributed by atoms with E-state index in [9.17, 15) is 14.0 Å². The number of carbonyl (C=O) groups is 2. The first-order valence-corrected chi connectivity index (χ1v) is 8.39. The van der Waals surface area contributed by atoms with Gasteiger partial charge in [-0.05, 0) is 37.1 Å². The van der Waals surface area contributed by atoms with Crippen LogP contribution in [-0.4, -0.2) is 34.2 Å². The van der Waals surface area contributed by atoms with Crippen molar-refractivity contribution in [1.82, 2.24) is 20.4 Å². The van der Waals surface area contributed by atoms with E-state index in [0.29, 0.717) is 0 Å². The molecule has 0 bridgehead atoms.